The second kappa shape index (κ2) is 5.22. The smallest absolute Gasteiger partial charge is 0.322 e. The number of hydrogen-bond donors (Lipinski definition) is 1. The fraction of sp³-hybridized carbons (Fsp3) is 0.900. The zero-order valence-electron chi connectivity index (χ0n) is 8.51. The maximum absolute atomic E-state index is 11.2. The number of ether oxygens (including phenoxy) is 1. The SMILES string of the molecule is CN[C@@H](C)C(=O)OCC1CCCC1. The van der Waals surface area contributed by atoms with Crippen molar-refractivity contribution in [1.82, 2.24) is 5.32 Å². The van der Waals surface area contributed by atoms with Gasteiger partial charge in [0.15, 0.2) is 0 Å². The molecule has 0 unspecified atom stereocenters. The molecule has 0 amide bonds. The van der Waals surface area contributed by atoms with Gasteiger partial charge in [-0.1, -0.05) is 12.8 Å². The van der Waals surface area contributed by atoms with Crippen LogP contribution >= 0.6 is 0 Å². The summed E-state index contributed by atoms with van der Waals surface area (Å²) in [4.78, 5) is 11.2. The lowest BCUT2D eigenvalue weighted by Gasteiger charge is -2.13. The van der Waals surface area contributed by atoms with Crippen LogP contribution in [0.3, 0.4) is 0 Å². The number of esters is 1. The molecule has 3 nitrogen and oxygen atoms in total. The van der Waals surface area contributed by atoms with E-state index in [2.05, 4.69) is 5.32 Å². The highest BCUT2D eigenvalue weighted by Gasteiger charge is 2.18. The standard InChI is InChI=1S/C10H19NO2/c1-8(11-2)10(12)13-7-9-5-3-4-6-9/h8-9,11H,3-7H2,1-2H3/t8-/m0/s1. The highest BCUT2D eigenvalue weighted by atomic mass is 16.5. The van der Waals surface area contributed by atoms with E-state index in [0.717, 1.165) is 0 Å². The third-order valence-electron chi connectivity index (χ3n) is 2.72. The third kappa shape index (κ3) is 3.35. The molecule has 13 heavy (non-hydrogen) atoms. The average Bonchev–Trinajstić information content (AvgIpc) is 2.65. The Hall–Kier alpha value is -0.570. The van der Waals surface area contributed by atoms with E-state index in [1.54, 1.807) is 7.05 Å². The number of carbonyl (C=O) groups excluding carboxylic acids is 1. The van der Waals surface area contributed by atoms with Crippen LogP contribution in [-0.4, -0.2) is 25.7 Å². The molecule has 1 aliphatic rings. The maximum Gasteiger partial charge on any atom is 0.322 e. The van der Waals surface area contributed by atoms with Crippen molar-refractivity contribution >= 4 is 5.97 Å². The molecule has 0 aromatic heterocycles. The third-order valence-corrected chi connectivity index (χ3v) is 2.72. The Labute approximate surface area is 79.8 Å². The van der Waals surface area contributed by atoms with Gasteiger partial charge in [-0.25, -0.2) is 0 Å². The summed E-state index contributed by atoms with van der Waals surface area (Å²) in [6.45, 7) is 2.43. The van der Waals surface area contributed by atoms with E-state index in [-0.39, 0.29) is 12.0 Å². The van der Waals surface area contributed by atoms with Crippen LogP contribution in [0.2, 0.25) is 0 Å². The highest BCUT2D eigenvalue weighted by Crippen LogP contribution is 2.24. The van der Waals surface area contributed by atoms with Crippen LogP contribution in [0.5, 0.6) is 0 Å². The number of nitrogens with one attached hydrogen (secondary N) is 1. The molecule has 0 aliphatic heterocycles. The van der Waals surface area contributed by atoms with Gasteiger partial charge < -0.3 is 10.1 Å². The molecule has 3 heteroatoms. The first kappa shape index (κ1) is 10.5. The Kier molecular flexibility index (Phi) is 4.22. The van der Waals surface area contributed by atoms with Gasteiger partial charge in [-0.2, -0.15) is 0 Å². The monoisotopic (exact) mass is 185 g/mol. The minimum absolute atomic E-state index is 0.130. The molecule has 1 saturated carbocycles. The predicted molar refractivity (Wildman–Crippen MR) is 51.4 cm³/mol. The van der Waals surface area contributed by atoms with Crippen molar-refractivity contribution in [2.45, 2.75) is 38.6 Å². The summed E-state index contributed by atoms with van der Waals surface area (Å²) >= 11 is 0. The molecule has 1 rings (SSSR count). The fourth-order valence-electron chi connectivity index (χ4n) is 1.62. The van der Waals surface area contributed by atoms with Crippen LogP contribution in [0.1, 0.15) is 32.6 Å². The molecule has 1 aliphatic carbocycles. The van der Waals surface area contributed by atoms with Crippen molar-refractivity contribution in [2.24, 2.45) is 5.92 Å². The summed E-state index contributed by atoms with van der Waals surface area (Å²) in [5.74, 6) is 0.488. The molecule has 0 aromatic carbocycles. The van der Waals surface area contributed by atoms with Gasteiger partial charge in [-0.3, -0.25) is 4.79 Å². The molecule has 0 aromatic rings. The van der Waals surface area contributed by atoms with Gasteiger partial charge >= 0.3 is 5.97 Å². The van der Waals surface area contributed by atoms with Crippen LogP contribution in [0.25, 0.3) is 0 Å². The molecule has 76 valence electrons. The van der Waals surface area contributed by atoms with Crippen molar-refractivity contribution in [3.63, 3.8) is 0 Å². The Balaban J connectivity index is 2.13. The van der Waals surface area contributed by atoms with Crippen molar-refractivity contribution in [1.29, 1.82) is 0 Å². The fourth-order valence-corrected chi connectivity index (χ4v) is 1.62. The Morgan fingerprint density at radius 2 is 2.15 bits per heavy atom. The van der Waals surface area contributed by atoms with Gasteiger partial charge in [0.1, 0.15) is 6.04 Å². The predicted octanol–water partition coefficient (Wildman–Crippen LogP) is 1.33. The molecule has 1 atom stereocenters. The lowest BCUT2D eigenvalue weighted by Crippen LogP contribution is -2.33. The van der Waals surface area contributed by atoms with Crippen molar-refractivity contribution in [3.05, 3.63) is 0 Å². The van der Waals surface area contributed by atoms with Crippen molar-refractivity contribution < 1.29 is 9.53 Å². The van der Waals surface area contributed by atoms with E-state index in [1.165, 1.54) is 25.7 Å². The van der Waals surface area contributed by atoms with Gasteiger partial charge in [0.05, 0.1) is 6.61 Å². The summed E-state index contributed by atoms with van der Waals surface area (Å²) in [5.41, 5.74) is 0. The first-order valence-electron chi connectivity index (χ1n) is 5.08. The Morgan fingerprint density at radius 3 is 2.69 bits per heavy atom. The van der Waals surface area contributed by atoms with E-state index in [9.17, 15) is 4.79 Å². The largest absolute Gasteiger partial charge is 0.464 e. The highest BCUT2D eigenvalue weighted by molar-refractivity contribution is 5.75. The van der Waals surface area contributed by atoms with E-state index < -0.39 is 0 Å². The van der Waals surface area contributed by atoms with Gasteiger partial charge in [0, 0.05) is 0 Å². The lowest BCUT2D eigenvalue weighted by atomic mass is 10.1. The van der Waals surface area contributed by atoms with E-state index in [0.29, 0.717) is 12.5 Å². The molecule has 0 radical (unpaired) electrons. The van der Waals surface area contributed by atoms with E-state index in [1.807, 2.05) is 6.92 Å². The van der Waals surface area contributed by atoms with Gasteiger partial charge in [0.25, 0.3) is 0 Å². The second-order valence-corrected chi connectivity index (χ2v) is 3.79. The molecule has 0 bridgehead atoms. The quantitative estimate of drug-likeness (QED) is 0.671. The van der Waals surface area contributed by atoms with Crippen molar-refractivity contribution in [2.75, 3.05) is 13.7 Å². The molecule has 1 N–H and O–H groups in total. The van der Waals surface area contributed by atoms with Crippen LogP contribution in [0, 0.1) is 5.92 Å². The Morgan fingerprint density at radius 1 is 1.54 bits per heavy atom. The number of hydrogen-bond acceptors (Lipinski definition) is 3. The minimum atomic E-state index is -0.179. The normalized spacial score (nSPS) is 20.2. The summed E-state index contributed by atoms with van der Waals surface area (Å²) in [6.07, 6.45) is 5.04. The minimum Gasteiger partial charge on any atom is -0.464 e. The first-order valence-corrected chi connectivity index (χ1v) is 5.08. The summed E-state index contributed by atoms with van der Waals surface area (Å²) in [5, 5.41) is 2.87. The molecule has 0 spiro atoms. The molecular weight excluding hydrogens is 166 g/mol. The molecule has 0 heterocycles. The Bertz CT molecular complexity index is 164. The lowest BCUT2D eigenvalue weighted by molar-refractivity contribution is -0.146. The summed E-state index contributed by atoms with van der Waals surface area (Å²) in [7, 11) is 1.77. The first-order chi connectivity index (χ1) is 6.24. The van der Waals surface area contributed by atoms with Crippen LogP contribution in [0.4, 0.5) is 0 Å². The number of carbonyl (C=O) groups is 1. The molecule has 1 fully saturated rings. The van der Waals surface area contributed by atoms with E-state index in [4.69, 9.17) is 4.74 Å². The zero-order valence-corrected chi connectivity index (χ0v) is 8.51. The molecule has 0 saturated heterocycles. The summed E-state index contributed by atoms with van der Waals surface area (Å²) < 4.78 is 5.18. The number of rotatable bonds is 4. The van der Waals surface area contributed by atoms with Crippen LogP contribution in [0.15, 0.2) is 0 Å². The van der Waals surface area contributed by atoms with Crippen LogP contribution in [-0.2, 0) is 9.53 Å². The molecular formula is C10H19NO2. The topological polar surface area (TPSA) is 38.3 Å². The van der Waals surface area contributed by atoms with Gasteiger partial charge in [-0.15, -0.1) is 0 Å². The van der Waals surface area contributed by atoms with Crippen LogP contribution < -0.4 is 5.32 Å². The van der Waals surface area contributed by atoms with Gasteiger partial charge in [0.2, 0.25) is 0 Å². The van der Waals surface area contributed by atoms with Crippen molar-refractivity contribution in [3.8, 4) is 0 Å². The zero-order chi connectivity index (χ0) is 9.68. The average molecular weight is 185 g/mol. The van der Waals surface area contributed by atoms with E-state index >= 15 is 0 Å². The van der Waals surface area contributed by atoms with Gasteiger partial charge in [-0.05, 0) is 32.7 Å². The second-order valence-electron chi connectivity index (χ2n) is 3.79. The number of likely N-dealkylation sites (N-methyl/N-ethyl adjacent to an activating group) is 1. The summed E-state index contributed by atoms with van der Waals surface area (Å²) in [6, 6.07) is -0.179. The maximum atomic E-state index is 11.2.